The molecular formula is C12H22. The van der Waals surface area contributed by atoms with Crippen molar-refractivity contribution in [3.05, 3.63) is 23.3 Å². The van der Waals surface area contributed by atoms with E-state index in [-0.39, 0.29) is 0 Å². The lowest BCUT2D eigenvalue weighted by atomic mass is 10.0. The van der Waals surface area contributed by atoms with Crippen molar-refractivity contribution in [3.63, 3.8) is 0 Å². The van der Waals surface area contributed by atoms with Crippen molar-refractivity contribution in [2.75, 3.05) is 0 Å². The maximum Gasteiger partial charge on any atom is -0.0260 e. The number of hydrogen-bond donors (Lipinski definition) is 0. The SMILES string of the molecule is CCC/C=C(C)\C=C(/C)C(C)C. The zero-order valence-corrected chi connectivity index (χ0v) is 9.15. The summed E-state index contributed by atoms with van der Waals surface area (Å²) in [6, 6.07) is 0. The van der Waals surface area contributed by atoms with Crippen molar-refractivity contribution < 1.29 is 0 Å². The van der Waals surface area contributed by atoms with E-state index in [1.54, 1.807) is 0 Å². The summed E-state index contributed by atoms with van der Waals surface area (Å²) in [4.78, 5) is 0. The Morgan fingerprint density at radius 2 is 1.83 bits per heavy atom. The van der Waals surface area contributed by atoms with Gasteiger partial charge in [-0.2, -0.15) is 0 Å². The molecule has 0 nitrogen and oxygen atoms in total. The lowest BCUT2D eigenvalue weighted by molar-refractivity contribution is 0.768. The summed E-state index contributed by atoms with van der Waals surface area (Å²) < 4.78 is 0. The lowest BCUT2D eigenvalue weighted by Crippen LogP contribution is -1.88. The molecule has 70 valence electrons. The molecule has 0 N–H and O–H groups in total. The molecule has 0 aromatic rings. The van der Waals surface area contributed by atoms with Crippen LogP contribution in [0.1, 0.15) is 47.5 Å². The summed E-state index contributed by atoms with van der Waals surface area (Å²) in [6.45, 7) is 11.1. The second-order valence-corrected chi connectivity index (χ2v) is 3.78. The van der Waals surface area contributed by atoms with Gasteiger partial charge >= 0.3 is 0 Å². The third kappa shape index (κ3) is 5.17. The van der Waals surface area contributed by atoms with Gasteiger partial charge in [-0.25, -0.2) is 0 Å². The van der Waals surface area contributed by atoms with E-state index in [2.05, 4.69) is 46.8 Å². The average molecular weight is 166 g/mol. The molecule has 0 unspecified atom stereocenters. The highest BCUT2D eigenvalue weighted by Crippen LogP contribution is 2.11. The van der Waals surface area contributed by atoms with E-state index in [4.69, 9.17) is 0 Å². The fraction of sp³-hybridized carbons (Fsp3) is 0.667. The van der Waals surface area contributed by atoms with Gasteiger partial charge in [0.2, 0.25) is 0 Å². The van der Waals surface area contributed by atoms with Crippen LogP contribution in [0.25, 0.3) is 0 Å². The Morgan fingerprint density at radius 3 is 2.25 bits per heavy atom. The highest BCUT2D eigenvalue weighted by Gasteiger charge is 1.94. The molecule has 12 heavy (non-hydrogen) atoms. The largest absolute Gasteiger partial charge is 0.0816 e. The van der Waals surface area contributed by atoms with E-state index in [1.807, 2.05) is 0 Å². The summed E-state index contributed by atoms with van der Waals surface area (Å²) in [5.41, 5.74) is 2.88. The fourth-order valence-electron chi connectivity index (χ4n) is 0.957. The number of allylic oxidation sites excluding steroid dienone is 4. The van der Waals surface area contributed by atoms with Gasteiger partial charge in [-0.15, -0.1) is 0 Å². The van der Waals surface area contributed by atoms with Crippen LogP contribution >= 0.6 is 0 Å². The van der Waals surface area contributed by atoms with Crippen molar-refractivity contribution in [1.82, 2.24) is 0 Å². The monoisotopic (exact) mass is 166 g/mol. The van der Waals surface area contributed by atoms with Crippen molar-refractivity contribution in [2.45, 2.75) is 47.5 Å². The standard InChI is InChI=1S/C12H22/c1-6-7-8-11(4)9-12(5)10(2)3/h8-10H,6-7H2,1-5H3/b11-8-,12-9+. The molecule has 0 aliphatic heterocycles. The van der Waals surface area contributed by atoms with Gasteiger partial charge in [-0.3, -0.25) is 0 Å². The zero-order chi connectivity index (χ0) is 9.56. The van der Waals surface area contributed by atoms with Gasteiger partial charge in [0.1, 0.15) is 0 Å². The molecule has 0 heteroatoms. The van der Waals surface area contributed by atoms with Gasteiger partial charge in [0.05, 0.1) is 0 Å². The molecule has 0 rings (SSSR count). The molecule has 0 saturated carbocycles. The van der Waals surface area contributed by atoms with Crippen LogP contribution in [0.4, 0.5) is 0 Å². The minimum absolute atomic E-state index is 0.676. The minimum atomic E-state index is 0.676. The quantitative estimate of drug-likeness (QED) is 0.545. The van der Waals surface area contributed by atoms with Crippen LogP contribution < -0.4 is 0 Å². The van der Waals surface area contributed by atoms with Crippen LogP contribution in [0.2, 0.25) is 0 Å². The van der Waals surface area contributed by atoms with Gasteiger partial charge < -0.3 is 0 Å². The minimum Gasteiger partial charge on any atom is -0.0816 e. The fourth-order valence-corrected chi connectivity index (χ4v) is 0.957. The third-order valence-electron chi connectivity index (χ3n) is 2.12. The Kier molecular flexibility index (Phi) is 5.79. The molecule has 0 aromatic carbocycles. The van der Waals surface area contributed by atoms with Gasteiger partial charge in [-0.05, 0) is 26.2 Å². The van der Waals surface area contributed by atoms with E-state index < -0.39 is 0 Å². The molecule has 0 aliphatic carbocycles. The van der Waals surface area contributed by atoms with Crippen LogP contribution in [0.5, 0.6) is 0 Å². The Morgan fingerprint density at radius 1 is 1.25 bits per heavy atom. The average Bonchev–Trinajstić information content (AvgIpc) is 2.00. The van der Waals surface area contributed by atoms with E-state index in [0.717, 1.165) is 0 Å². The summed E-state index contributed by atoms with van der Waals surface area (Å²) in [5.74, 6) is 0.676. The molecule has 0 atom stereocenters. The first-order valence-electron chi connectivity index (χ1n) is 4.92. The number of unbranched alkanes of at least 4 members (excludes halogenated alkanes) is 1. The van der Waals surface area contributed by atoms with Crippen LogP contribution in [0.15, 0.2) is 23.3 Å². The molecule has 0 radical (unpaired) electrons. The van der Waals surface area contributed by atoms with Crippen LogP contribution in [-0.4, -0.2) is 0 Å². The molecule has 0 bridgehead atoms. The van der Waals surface area contributed by atoms with Crippen LogP contribution in [-0.2, 0) is 0 Å². The van der Waals surface area contributed by atoms with Gasteiger partial charge in [0.25, 0.3) is 0 Å². The molecule has 0 spiro atoms. The number of hydrogen-bond acceptors (Lipinski definition) is 0. The molecular weight excluding hydrogens is 144 g/mol. The van der Waals surface area contributed by atoms with Gasteiger partial charge in [0.15, 0.2) is 0 Å². The first kappa shape index (κ1) is 11.5. The van der Waals surface area contributed by atoms with Crippen molar-refractivity contribution in [2.24, 2.45) is 5.92 Å². The van der Waals surface area contributed by atoms with Crippen LogP contribution in [0.3, 0.4) is 0 Å². The maximum absolute atomic E-state index is 2.31. The van der Waals surface area contributed by atoms with E-state index in [0.29, 0.717) is 5.92 Å². The molecule has 0 amide bonds. The Bertz CT molecular complexity index is 170. The third-order valence-corrected chi connectivity index (χ3v) is 2.12. The highest BCUT2D eigenvalue weighted by molar-refractivity contribution is 5.21. The summed E-state index contributed by atoms with van der Waals surface area (Å²) in [5, 5.41) is 0. The van der Waals surface area contributed by atoms with Crippen molar-refractivity contribution in [1.29, 1.82) is 0 Å². The molecule has 0 heterocycles. The molecule has 0 saturated heterocycles. The first-order valence-corrected chi connectivity index (χ1v) is 4.92. The Balaban J connectivity index is 4.12. The summed E-state index contributed by atoms with van der Waals surface area (Å²) in [6.07, 6.45) is 7.05. The second kappa shape index (κ2) is 6.05. The Labute approximate surface area is 77.4 Å². The maximum atomic E-state index is 2.31. The number of rotatable bonds is 4. The smallest absolute Gasteiger partial charge is 0.0260 e. The second-order valence-electron chi connectivity index (χ2n) is 3.78. The molecule has 0 fully saturated rings. The zero-order valence-electron chi connectivity index (χ0n) is 9.15. The molecule has 0 aromatic heterocycles. The van der Waals surface area contributed by atoms with E-state index in [1.165, 1.54) is 24.0 Å². The van der Waals surface area contributed by atoms with Gasteiger partial charge in [-0.1, -0.05) is 50.5 Å². The Hall–Kier alpha value is -0.520. The predicted octanol–water partition coefficient (Wildman–Crippen LogP) is 4.34. The topological polar surface area (TPSA) is 0 Å². The molecule has 0 aliphatic rings. The normalized spacial score (nSPS) is 14.2. The van der Waals surface area contributed by atoms with Crippen LogP contribution in [0, 0.1) is 5.92 Å². The van der Waals surface area contributed by atoms with Crippen molar-refractivity contribution in [3.8, 4) is 0 Å². The van der Waals surface area contributed by atoms with E-state index in [9.17, 15) is 0 Å². The summed E-state index contributed by atoms with van der Waals surface area (Å²) >= 11 is 0. The predicted molar refractivity (Wildman–Crippen MR) is 57.3 cm³/mol. The lowest BCUT2D eigenvalue weighted by Gasteiger charge is -2.04. The van der Waals surface area contributed by atoms with Crippen molar-refractivity contribution >= 4 is 0 Å². The first-order chi connectivity index (χ1) is 5.57. The van der Waals surface area contributed by atoms with E-state index >= 15 is 0 Å². The summed E-state index contributed by atoms with van der Waals surface area (Å²) in [7, 11) is 0. The van der Waals surface area contributed by atoms with Gasteiger partial charge in [0, 0.05) is 0 Å². The highest BCUT2D eigenvalue weighted by atomic mass is 14.0.